The van der Waals surface area contributed by atoms with E-state index in [4.69, 9.17) is 0 Å². The Hall–Kier alpha value is -2.10. The minimum absolute atomic E-state index is 0.591. The fourth-order valence-corrected chi connectivity index (χ4v) is 1.80. The largest absolute Gasteiger partial charge is 0.373 e. The van der Waals surface area contributed by atoms with Crippen LogP contribution in [0, 0.1) is 0 Å². The van der Waals surface area contributed by atoms with Gasteiger partial charge in [-0.2, -0.15) is 0 Å². The first kappa shape index (κ1) is 11.0. The molecule has 1 aliphatic carbocycles. The van der Waals surface area contributed by atoms with Gasteiger partial charge in [0.25, 0.3) is 0 Å². The molecule has 0 saturated heterocycles. The average molecular weight is 240 g/mol. The highest BCUT2D eigenvalue weighted by Crippen LogP contribution is 2.26. The number of nitrogens with zero attached hydrogens (tertiary/aromatic N) is 2. The third-order valence-electron chi connectivity index (χ3n) is 2.94. The molecule has 0 spiro atoms. The second-order valence-electron chi connectivity index (χ2n) is 4.50. The Labute approximate surface area is 106 Å². The van der Waals surface area contributed by atoms with E-state index in [0.717, 1.165) is 23.0 Å². The van der Waals surface area contributed by atoms with Crippen molar-refractivity contribution in [2.75, 3.05) is 17.7 Å². The maximum absolute atomic E-state index is 4.57. The molecular weight excluding hydrogens is 224 g/mol. The van der Waals surface area contributed by atoms with E-state index in [0.29, 0.717) is 6.04 Å². The van der Waals surface area contributed by atoms with E-state index in [9.17, 15) is 0 Å². The van der Waals surface area contributed by atoms with E-state index in [2.05, 4.69) is 20.6 Å². The van der Waals surface area contributed by atoms with Crippen molar-refractivity contribution in [3.63, 3.8) is 0 Å². The highest BCUT2D eigenvalue weighted by atomic mass is 15.1. The van der Waals surface area contributed by atoms with Crippen molar-refractivity contribution in [1.29, 1.82) is 0 Å². The van der Waals surface area contributed by atoms with Crippen LogP contribution in [-0.2, 0) is 0 Å². The summed E-state index contributed by atoms with van der Waals surface area (Å²) in [6.45, 7) is 0. The molecule has 1 heterocycles. The molecule has 0 aliphatic heterocycles. The number of hydrogen-bond donors (Lipinski definition) is 2. The first-order valence-corrected chi connectivity index (χ1v) is 6.24. The molecule has 2 aromatic rings. The summed E-state index contributed by atoms with van der Waals surface area (Å²) in [5.74, 6) is 2.49. The Morgan fingerprint density at radius 1 is 1.06 bits per heavy atom. The van der Waals surface area contributed by atoms with Crippen LogP contribution in [0.1, 0.15) is 12.8 Å². The van der Waals surface area contributed by atoms with Gasteiger partial charge in [-0.25, -0.2) is 9.97 Å². The molecule has 4 heteroatoms. The number of hydrogen-bond acceptors (Lipinski definition) is 4. The van der Waals surface area contributed by atoms with Gasteiger partial charge in [0, 0.05) is 24.7 Å². The van der Waals surface area contributed by atoms with Gasteiger partial charge in [0.15, 0.2) is 5.82 Å². The molecule has 2 N–H and O–H groups in total. The summed E-state index contributed by atoms with van der Waals surface area (Å²) >= 11 is 0. The molecule has 1 aromatic heterocycles. The number of benzene rings is 1. The van der Waals surface area contributed by atoms with Crippen molar-refractivity contribution in [3.05, 3.63) is 36.4 Å². The molecular formula is C14H16N4. The Kier molecular flexibility index (Phi) is 2.84. The van der Waals surface area contributed by atoms with Crippen molar-refractivity contribution >= 4 is 11.6 Å². The van der Waals surface area contributed by atoms with Crippen LogP contribution in [0.3, 0.4) is 0 Å². The number of aromatic nitrogens is 2. The molecule has 0 unspecified atom stereocenters. The van der Waals surface area contributed by atoms with Gasteiger partial charge in [-0.1, -0.05) is 30.3 Å². The Balaban J connectivity index is 1.97. The summed E-state index contributed by atoms with van der Waals surface area (Å²) in [6, 6.07) is 12.6. The van der Waals surface area contributed by atoms with Gasteiger partial charge in [0.1, 0.15) is 11.6 Å². The number of anilines is 2. The van der Waals surface area contributed by atoms with Crippen LogP contribution in [0.5, 0.6) is 0 Å². The summed E-state index contributed by atoms with van der Waals surface area (Å²) in [7, 11) is 1.87. The highest BCUT2D eigenvalue weighted by molar-refractivity contribution is 5.61. The molecule has 1 aliphatic rings. The third kappa shape index (κ3) is 2.42. The van der Waals surface area contributed by atoms with Crippen LogP contribution in [0.2, 0.25) is 0 Å². The number of nitrogens with one attached hydrogen (secondary N) is 2. The predicted molar refractivity (Wildman–Crippen MR) is 73.7 cm³/mol. The molecule has 0 radical (unpaired) electrons. The van der Waals surface area contributed by atoms with Crippen LogP contribution in [0.25, 0.3) is 11.4 Å². The van der Waals surface area contributed by atoms with Gasteiger partial charge < -0.3 is 10.6 Å². The van der Waals surface area contributed by atoms with Crippen LogP contribution >= 0.6 is 0 Å². The summed E-state index contributed by atoms with van der Waals surface area (Å²) in [6.07, 6.45) is 2.47. The van der Waals surface area contributed by atoms with Crippen LogP contribution in [0.15, 0.2) is 36.4 Å². The summed E-state index contributed by atoms with van der Waals surface area (Å²) in [5.41, 5.74) is 1.04. The first-order valence-electron chi connectivity index (χ1n) is 6.24. The summed E-state index contributed by atoms with van der Waals surface area (Å²) < 4.78 is 0. The van der Waals surface area contributed by atoms with Gasteiger partial charge in [0.2, 0.25) is 0 Å². The highest BCUT2D eigenvalue weighted by Gasteiger charge is 2.21. The standard InChI is InChI=1S/C14H16N4/c1-15-12-9-13(16-11-7-8-11)18-14(17-12)10-5-3-2-4-6-10/h2-6,9,11H,7-8H2,1H3,(H2,15,16,17,18). The Bertz CT molecular complexity index is 535. The predicted octanol–water partition coefficient (Wildman–Crippen LogP) is 2.76. The molecule has 0 bridgehead atoms. The van der Waals surface area contributed by atoms with E-state index >= 15 is 0 Å². The van der Waals surface area contributed by atoms with Gasteiger partial charge in [-0.05, 0) is 12.8 Å². The monoisotopic (exact) mass is 240 g/mol. The molecule has 1 fully saturated rings. The van der Waals surface area contributed by atoms with Crippen molar-refractivity contribution in [2.45, 2.75) is 18.9 Å². The smallest absolute Gasteiger partial charge is 0.163 e. The molecule has 3 rings (SSSR count). The lowest BCUT2D eigenvalue weighted by Gasteiger charge is -2.09. The van der Waals surface area contributed by atoms with Gasteiger partial charge in [-0.15, -0.1) is 0 Å². The second-order valence-corrected chi connectivity index (χ2v) is 4.50. The fraction of sp³-hybridized carbons (Fsp3) is 0.286. The maximum atomic E-state index is 4.57. The van der Waals surface area contributed by atoms with Gasteiger partial charge in [-0.3, -0.25) is 0 Å². The van der Waals surface area contributed by atoms with E-state index < -0.39 is 0 Å². The van der Waals surface area contributed by atoms with Crippen LogP contribution < -0.4 is 10.6 Å². The Morgan fingerprint density at radius 2 is 1.78 bits per heavy atom. The van der Waals surface area contributed by atoms with E-state index in [1.807, 2.05) is 43.4 Å². The molecule has 4 nitrogen and oxygen atoms in total. The minimum Gasteiger partial charge on any atom is -0.373 e. The van der Waals surface area contributed by atoms with Crippen molar-refractivity contribution in [2.24, 2.45) is 0 Å². The fourth-order valence-electron chi connectivity index (χ4n) is 1.80. The molecule has 18 heavy (non-hydrogen) atoms. The van der Waals surface area contributed by atoms with Crippen LogP contribution in [0.4, 0.5) is 11.6 Å². The lowest BCUT2D eigenvalue weighted by molar-refractivity contribution is 1.08. The van der Waals surface area contributed by atoms with Gasteiger partial charge >= 0.3 is 0 Å². The normalized spacial score (nSPS) is 14.3. The van der Waals surface area contributed by atoms with Crippen molar-refractivity contribution < 1.29 is 0 Å². The molecule has 0 amide bonds. The molecule has 92 valence electrons. The molecule has 0 atom stereocenters. The Morgan fingerprint density at radius 3 is 2.44 bits per heavy atom. The zero-order valence-corrected chi connectivity index (χ0v) is 10.4. The quantitative estimate of drug-likeness (QED) is 0.862. The lowest BCUT2D eigenvalue weighted by Crippen LogP contribution is -2.06. The zero-order chi connectivity index (χ0) is 12.4. The van der Waals surface area contributed by atoms with Crippen molar-refractivity contribution in [1.82, 2.24) is 9.97 Å². The topological polar surface area (TPSA) is 49.8 Å². The zero-order valence-electron chi connectivity index (χ0n) is 10.4. The second kappa shape index (κ2) is 4.64. The lowest BCUT2D eigenvalue weighted by atomic mass is 10.2. The third-order valence-corrected chi connectivity index (χ3v) is 2.94. The maximum Gasteiger partial charge on any atom is 0.163 e. The van der Waals surface area contributed by atoms with E-state index in [1.165, 1.54) is 12.8 Å². The number of rotatable bonds is 4. The van der Waals surface area contributed by atoms with E-state index in [1.54, 1.807) is 0 Å². The summed E-state index contributed by atoms with van der Waals surface area (Å²) in [5, 5.41) is 6.49. The van der Waals surface area contributed by atoms with E-state index in [-0.39, 0.29) is 0 Å². The molecule has 1 aromatic carbocycles. The SMILES string of the molecule is CNc1cc(NC2CC2)nc(-c2ccccc2)n1. The molecule has 1 saturated carbocycles. The first-order chi connectivity index (χ1) is 8.85. The van der Waals surface area contributed by atoms with Crippen LogP contribution in [-0.4, -0.2) is 23.1 Å². The van der Waals surface area contributed by atoms with Crippen molar-refractivity contribution in [3.8, 4) is 11.4 Å². The summed E-state index contributed by atoms with van der Waals surface area (Å²) in [4.78, 5) is 9.06. The average Bonchev–Trinajstić information content (AvgIpc) is 3.23. The minimum atomic E-state index is 0.591. The van der Waals surface area contributed by atoms with Gasteiger partial charge in [0.05, 0.1) is 0 Å².